The minimum Gasteiger partial charge on any atom is -0.356 e. The van der Waals surface area contributed by atoms with Crippen molar-refractivity contribution in [2.45, 2.75) is 26.3 Å². The van der Waals surface area contributed by atoms with E-state index in [1.165, 1.54) is 21.9 Å². The topological polar surface area (TPSA) is 36.4 Å². The van der Waals surface area contributed by atoms with Gasteiger partial charge >= 0.3 is 0 Å². The van der Waals surface area contributed by atoms with E-state index in [4.69, 9.17) is 0 Å². The summed E-state index contributed by atoms with van der Waals surface area (Å²) in [5, 5.41) is 6.58. The van der Waals surface area contributed by atoms with Crippen LogP contribution in [0.3, 0.4) is 0 Å². The first-order valence-corrected chi connectivity index (χ1v) is 8.29. The van der Waals surface area contributed by atoms with E-state index < -0.39 is 0 Å². The largest absolute Gasteiger partial charge is 0.356 e. The fourth-order valence-corrected chi connectivity index (χ4v) is 2.97. The summed E-state index contributed by atoms with van der Waals surface area (Å²) >= 11 is 1.83. The minimum atomic E-state index is -0.198. The van der Waals surface area contributed by atoms with Gasteiger partial charge in [0, 0.05) is 23.3 Å². The molecular formula is C17H22FN3S. The van der Waals surface area contributed by atoms with Crippen LogP contribution in [0.1, 0.15) is 22.2 Å². The minimum absolute atomic E-state index is 0.198. The van der Waals surface area contributed by atoms with E-state index in [2.05, 4.69) is 34.7 Å². The first-order valence-electron chi connectivity index (χ1n) is 7.47. The van der Waals surface area contributed by atoms with Gasteiger partial charge in [-0.25, -0.2) is 4.39 Å². The third-order valence-corrected chi connectivity index (χ3v) is 4.57. The molecule has 3 nitrogen and oxygen atoms in total. The first-order chi connectivity index (χ1) is 10.7. The van der Waals surface area contributed by atoms with Gasteiger partial charge in [-0.1, -0.05) is 19.1 Å². The van der Waals surface area contributed by atoms with Crippen molar-refractivity contribution in [1.82, 2.24) is 10.6 Å². The molecule has 5 heteroatoms. The summed E-state index contributed by atoms with van der Waals surface area (Å²) in [4.78, 5) is 6.92. The molecule has 2 aromatic rings. The van der Waals surface area contributed by atoms with Crippen LogP contribution in [0.5, 0.6) is 0 Å². The number of aryl methyl sites for hydroxylation is 1. The van der Waals surface area contributed by atoms with Crippen LogP contribution in [-0.2, 0) is 19.4 Å². The van der Waals surface area contributed by atoms with Gasteiger partial charge < -0.3 is 10.6 Å². The molecule has 0 aliphatic heterocycles. The molecule has 0 unspecified atom stereocenters. The zero-order chi connectivity index (χ0) is 15.8. The number of benzene rings is 1. The summed E-state index contributed by atoms with van der Waals surface area (Å²) < 4.78 is 12.8. The Morgan fingerprint density at radius 2 is 1.82 bits per heavy atom. The number of hydrogen-bond donors (Lipinski definition) is 2. The summed E-state index contributed by atoms with van der Waals surface area (Å²) in [6, 6.07) is 10.9. The lowest BCUT2D eigenvalue weighted by Gasteiger charge is -2.11. The molecular weight excluding hydrogens is 297 g/mol. The highest BCUT2D eigenvalue weighted by Crippen LogP contribution is 2.16. The van der Waals surface area contributed by atoms with Gasteiger partial charge in [-0.15, -0.1) is 11.3 Å². The SMILES string of the molecule is CCc1ccc(CNC(=NC)NCCc2ccc(F)cc2)s1. The van der Waals surface area contributed by atoms with E-state index in [1.54, 1.807) is 7.05 Å². The zero-order valence-electron chi connectivity index (χ0n) is 13.0. The lowest BCUT2D eigenvalue weighted by Crippen LogP contribution is -2.37. The van der Waals surface area contributed by atoms with Gasteiger partial charge in [-0.05, 0) is 42.7 Å². The second-order valence-electron chi connectivity index (χ2n) is 4.95. The molecule has 1 heterocycles. The summed E-state index contributed by atoms with van der Waals surface area (Å²) in [6.45, 7) is 3.70. The summed E-state index contributed by atoms with van der Waals surface area (Å²) in [5.41, 5.74) is 1.11. The van der Waals surface area contributed by atoms with E-state index in [0.29, 0.717) is 0 Å². The smallest absolute Gasteiger partial charge is 0.191 e. The predicted octanol–water partition coefficient (Wildman–Crippen LogP) is 3.36. The number of guanidine groups is 1. The van der Waals surface area contributed by atoms with Gasteiger partial charge in [0.05, 0.1) is 6.54 Å². The van der Waals surface area contributed by atoms with E-state index in [1.807, 2.05) is 23.5 Å². The lowest BCUT2D eigenvalue weighted by molar-refractivity contribution is 0.626. The molecule has 2 N–H and O–H groups in total. The van der Waals surface area contributed by atoms with Crippen LogP contribution < -0.4 is 10.6 Å². The third-order valence-electron chi connectivity index (χ3n) is 3.34. The van der Waals surface area contributed by atoms with Crippen LogP contribution in [-0.4, -0.2) is 19.6 Å². The van der Waals surface area contributed by atoms with Crippen LogP contribution in [0.25, 0.3) is 0 Å². The maximum atomic E-state index is 12.8. The highest BCUT2D eigenvalue weighted by atomic mass is 32.1. The van der Waals surface area contributed by atoms with Crippen molar-refractivity contribution in [2.75, 3.05) is 13.6 Å². The molecule has 0 fully saturated rings. The number of rotatable bonds is 6. The standard InChI is InChI=1S/C17H22FN3S/c1-3-15-8-9-16(22-15)12-21-17(19-2)20-11-10-13-4-6-14(18)7-5-13/h4-9H,3,10-12H2,1-2H3,(H2,19,20,21). The fourth-order valence-electron chi connectivity index (χ4n) is 2.08. The second kappa shape index (κ2) is 8.54. The molecule has 0 radical (unpaired) electrons. The molecule has 0 saturated heterocycles. The van der Waals surface area contributed by atoms with Crippen LogP contribution in [0.2, 0.25) is 0 Å². The Hall–Kier alpha value is -1.88. The average molecular weight is 319 g/mol. The van der Waals surface area contributed by atoms with Gasteiger partial charge in [0.2, 0.25) is 0 Å². The van der Waals surface area contributed by atoms with Gasteiger partial charge in [0.1, 0.15) is 5.82 Å². The fraction of sp³-hybridized carbons (Fsp3) is 0.353. The highest BCUT2D eigenvalue weighted by molar-refractivity contribution is 7.11. The van der Waals surface area contributed by atoms with Crippen molar-refractivity contribution in [1.29, 1.82) is 0 Å². The number of halogens is 1. The molecule has 22 heavy (non-hydrogen) atoms. The Morgan fingerprint density at radius 3 is 2.45 bits per heavy atom. The van der Waals surface area contributed by atoms with Crippen molar-refractivity contribution in [3.8, 4) is 0 Å². The van der Waals surface area contributed by atoms with Crippen LogP contribution in [0.15, 0.2) is 41.4 Å². The molecule has 0 saturated carbocycles. The summed E-state index contributed by atoms with van der Waals surface area (Å²) in [5.74, 6) is 0.588. The normalized spacial score (nSPS) is 11.5. The highest BCUT2D eigenvalue weighted by Gasteiger charge is 2.01. The molecule has 1 aromatic carbocycles. The van der Waals surface area contributed by atoms with Crippen LogP contribution >= 0.6 is 11.3 Å². The predicted molar refractivity (Wildman–Crippen MR) is 92.0 cm³/mol. The van der Waals surface area contributed by atoms with Crippen LogP contribution in [0, 0.1) is 5.82 Å². The Labute approximate surface area is 135 Å². The van der Waals surface area contributed by atoms with E-state index in [-0.39, 0.29) is 5.82 Å². The van der Waals surface area contributed by atoms with Crippen molar-refractivity contribution >= 4 is 17.3 Å². The second-order valence-corrected chi connectivity index (χ2v) is 6.20. The van der Waals surface area contributed by atoms with Crippen LogP contribution in [0.4, 0.5) is 4.39 Å². The van der Waals surface area contributed by atoms with E-state index in [0.717, 1.165) is 37.5 Å². The molecule has 0 aliphatic carbocycles. The Bertz CT molecular complexity index is 605. The molecule has 1 aromatic heterocycles. The van der Waals surface area contributed by atoms with Crippen molar-refractivity contribution in [2.24, 2.45) is 4.99 Å². The number of thiophene rings is 1. The molecule has 0 atom stereocenters. The maximum Gasteiger partial charge on any atom is 0.191 e. The number of aliphatic imine (C=N–C) groups is 1. The molecule has 0 bridgehead atoms. The average Bonchev–Trinajstić information content (AvgIpc) is 3.00. The Morgan fingerprint density at radius 1 is 1.09 bits per heavy atom. The third kappa shape index (κ3) is 5.15. The number of nitrogens with one attached hydrogen (secondary N) is 2. The number of nitrogens with zero attached hydrogens (tertiary/aromatic N) is 1. The molecule has 0 amide bonds. The first kappa shape index (κ1) is 16.5. The molecule has 2 rings (SSSR count). The van der Waals surface area contributed by atoms with E-state index >= 15 is 0 Å². The van der Waals surface area contributed by atoms with Gasteiger partial charge in [-0.2, -0.15) is 0 Å². The van der Waals surface area contributed by atoms with Crippen molar-refractivity contribution < 1.29 is 4.39 Å². The van der Waals surface area contributed by atoms with Gasteiger partial charge in [0.25, 0.3) is 0 Å². The molecule has 118 valence electrons. The number of hydrogen-bond acceptors (Lipinski definition) is 2. The van der Waals surface area contributed by atoms with E-state index in [9.17, 15) is 4.39 Å². The monoisotopic (exact) mass is 319 g/mol. The zero-order valence-corrected chi connectivity index (χ0v) is 13.8. The molecule has 0 spiro atoms. The maximum absolute atomic E-state index is 12.8. The quantitative estimate of drug-likeness (QED) is 0.633. The van der Waals surface area contributed by atoms with Crippen molar-refractivity contribution in [3.05, 3.63) is 57.5 Å². The summed E-state index contributed by atoms with van der Waals surface area (Å²) in [6.07, 6.45) is 1.91. The van der Waals surface area contributed by atoms with Gasteiger partial charge in [0.15, 0.2) is 5.96 Å². The van der Waals surface area contributed by atoms with Gasteiger partial charge in [-0.3, -0.25) is 4.99 Å². The Balaban J connectivity index is 1.74. The summed E-state index contributed by atoms with van der Waals surface area (Å²) in [7, 11) is 1.76. The Kier molecular flexibility index (Phi) is 6.40. The molecule has 0 aliphatic rings. The van der Waals surface area contributed by atoms with Crippen molar-refractivity contribution in [3.63, 3.8) is 0 Å². The lowest BCUT2D eigenvalue weighted by atomic mass is 10.1.